The average molecular weight is 309 g/mol. The molecule has 1 atom stereocenters. The Balaban J connectivity index is 1.87. The van der Waals surface area contributed by atoms with Crippen LogP contribution in [0.25, 0.3) is 11.2 Å². The first-order chi connectivity index (χ1) is 10.1. The number of aromatic nitrogens is 4. The molecule has 8 heteroatoms. The van der Waals surface area contributed by atoms with Gasteiger partial charge in [0.05, 0.1) is 0 Å². The van der Waals surface area contributed by atoms with Gasteiger partial charge in [0.1, 0.15) is 0 Å². The van der Waals surface area contributed by atoms with E-state index in [-0.39, 0.29) is 11.2 Å². The van der Waals surface area contributed by atoms with Gasteiger partial charge in [-0.2, -0.15) is 16.7 Å². The summed E-state index contributed by atoms with van der Waals surface area (Å²) >= 11 is 1.98. The third-order valence-electron chi connectivity index (χ3n) is 3.87. The predicted octanol–water partition coefficient (Wildman–Crippen LogP) is 0.658. The van der Waals surface area contributed by atoms with E-state index in [0.717, 1.165) is 11.1 Å². The second-order valence-electron chi connectivity index (χ2n) is 5.36. The molecule has 2 aromatic heterocycles. The van der Waals surface area contributed by atoms with E-state index in [2.05, 4.69) is 15.3 Å². The van der Waals surface area contributed by atoms with Crippen molar-refractivity contribution < 1.29 is 0 Å². The van der Waals surface area contributed by atoms with Crippen LogP contribution in [0.4, 0.5) is 5.95 Å². The fourth-order valence-electron chi connectivity index (χ4n) is 2.59. The molecule has 2 N–H and O–H groups in total. The molecule has 3 heterocycles. The van der Waals surface area contributed by atoms with Crippen molar-refractivity contribution in [2.24, 2.45) is 14.1 Å². The summed E-state index contributed by atoms with van der Waals surface area (Å²) in [5.41, 5.74) is 0.0365. The molecule has 0 radical (unpaired) electrons. The standard InChI is InChI=1S/C13H19N5O2S/c1-17-10-9(11(19)18(2)13(17)20)15-12(16-10)14-7-8-5-3-4-6-21-8/h8H,3-7H2,1-2H3,(H2,14,15,16). The Morgan fingerprint density at radius 3 is 2.86 bits per heavy atom. The number of imidazole rings is 1. The highest BCUT2D eigenvalue weighted by molar-refractivity contribution is 7.99. The number of nitrogens with zero attached hydrogens (tertiary/aromatic N) is 3. The minimum absolute atomic E-state index is 0.347. The van der Waals surface area contributed by atoms with Crippen LogP contribution in [0.3, 0.4) is 0 Å². The number of hydrogen-bond donors (Lipinski definition) is 2. The molecule has 0 spiro atoms. The van der Waals surface area contributed by atoms with Crippen molar-refractivity contribution >= 4 is 28.9 Å². The summed E-state index contributed by atoms with van der Waals surface area (Å²) < 4.78 is 2.47. The lowest BCUT2D eigenvalue weighted by Gasteiger charge is -2.21. The number of anilines is 1. The van der Waals surface area contributed by atoms with Crippen LogP contribution < -0.4 is 16.6 Å². The van der Waals surface area contributed by atoms with Crippen molar-refractivity contribution in [2.75, 3.05) is 17.6 Å². The highest BCUT2D eigenvalue weighted by Crippen LogP contribution is 2.25. The number of aromatic amines is 1. The highest BCUT2D eigenvalue weighted by Gasteiger charge is 2.16. The summed E-state index contributed by atoms with van der Waals surface area (Å²) in [4.78, 5) is 31.3. The van der Waals surface area contributed by atoms with E-state index >= 15 is 0 Å². The summed E-state index contributed by atoms with van der Waals surface area (Å²) in [5.74, 6) is 1.76. The molecule has 0 aliphatic carbocycles. The Labute approximate surface area is 125 Å². The van der Waals surface area contributed by atoms with E-state index in [1.165, 1.54) is 36.6 Å². The lowest BCUT2D eigenvalue weighted by atomic mass is 10.2. The van der Waals surface area contributed by atoms with E-state index < -0.39 is 0 Å². The molecule has 0 saturated carbocycles. The number of aryl methyl sites for hydroxylation is 1. The molecule has 0 amide bonds. The number of thioether (sulfide) groups is 1. The van der Waals surface area contributed by atoms with Gasteiger partial charge in [-0.1, -0.05) is 6.42 Å². The largest absolute Gasteiger partial charge is 0.355 e. The Morgan fingerprint density at radius 1 is 1.33 bits per heavy atom. The van der Waals surface area contributed by atoms with Crippen LogP contribution in [0.5, 0.6) is 0 Å². The smallest absolute Gasteiger partial charge is 0.332 e. The van der Waals surface area contributed by atoms with Gasteiger partial charge < -0.3 is 10.3 Å². The molecule has 7 nitrogen and oxygen atoms in total. The number of H-pyrrole nitrogens is 1. The number of fused-ring (bicyclic) bond motifs is 1. The normalized spacial score (nSPS) is 19.0. The van der Waals surface area contributed by atoms with Crippen LogP contribution in [0.2, 0.25) is 0 Å². The van der Waals surface area contributed by atoms with Crippen molar-refractivity contribution in [1.29, 1.82) is 0 Å². The van der Waals surface area contributed by atoms with Gasteiger partial charge in [-0.15, -0.1) is 0 Å². The predicted molar refractivity (Wildman–Crippen MR) is 85.2 cm³/mol. The van der Waals surface area contributed by atoms with Gasteiger partial charge in [0.25, 0.3) is 5.56 Å². The number of hydrogen-bond acceptors (Lipinski definition) is 5. The quantitative estimate of drug-likeness (QED) is 0.870. The second kappa shape index (κ2) is 5.59. The summed E-state index contributed by atoms with van der Waals surface area (Å²) in [7, 11) is 3.09. The Morgan fingerprint density at radius 2 is 2.14 bits per heavy atom. The van der Waals surface area contributed by atoms with E-state index in [1.54, 1.807) is 7.05 Å². The van der Waals surface area contributed by atoms with E-state index in [1.807, 2.05) is 11.8 Å². The molecule has 0 bridgehead atoms. The van der Waals surface area contributed by atoms with Crippen LogP contribution in [0, 0.1) is 0 Å². The van der Waals surface area contributed by atoms with Gasteiger partial charge in [-0.3, -0.25) is 13.9 Å². The van der Waals surface area contributed by atoms with Crippen molar-refractivity contribution in [3.05, 3.63) is 20.8 Å². The average Bonchev–Trinajstić information content (AvgIpc) is 2.94. The SMILES string of the molecule is Cn1c(=O)c2[nH]c(NCC3CCCCS3)nc2n(C)c1=O. The van der Waals surface area contributed by atoms with Crippen molar-refractivity contribution in [2.45, 2.75) is 24.5 Å². The third-order valence-corrected chi connectivity index (χ3v) is 5.26. The lowest BCUT2D eigenvalue weighted by Crippen LogP contribution is -2.36. The van der Waals surface area contributed by atoms with E-state index in [9.17, 15) is 9.59 Å². The third kappa shape index (κ3) is 2.59. The maximum atomic E-state index is 12.1. The molecule has 21 heavy (non-hydrogen) atoms. The molecule has 2 aromatic rings. The zero-order valence-corrected chi connectivity index (χ0v) is 13.0. The van der Waals surface area contributed by atoms with Crippen LogP contribution in [-0.2, 0) is 14.1 Å². The molecule has 3 rings (SSSR count). The van der Waals surface area contributed by atoms with Gasteiger partial charge in [0.15, 0.2) is 11.2 Å². The molecular weight excluding hydrogens is 290 g/mol. The molecule has 1 fully saturated rings. The molecule has 114 valence electrons. The summed E-state index contributed by atoms with van der Waals surface area (Å²) in [6.45, 7) is 0.818. The maximum absolute atomic E-state index is 12.1. The Bertz CT molecular complexity index is 769. The van der Waals surface area contributed by atoms with Crippen molar-refractivity contribution in [3.8, 4) is 0 Å². The highest BCUT2D eigenvalue weighted by atomic mass is 32.2. The minimum Gasteiger partial charge on any atom is -0.355 e. The Hall–Kier alpha value is -1.70. The fraction of sp³-hybridized carbons (Fsp3) is 0.615. The molecule has 1 aliphatic heterocycles. The summed E-state index contributed by atoms with van der Waals surface area (Å²) in [5, 5.41) is 3.83. The minimum atomic E-state index is -0.367. The first-order valence-electron chi connectivity index (χ1n) is 7.09. The Kier molecular flexibility index (Phi) is 3.79. The number of nitrogens with one attached hydrogen (secondary N) is 2. The van der Waals surface area contributed by atoms with Crippen LogP contribution in [0.15, 0.2) is 9.59 Å². The monoisotopic (exact) mass is 309 g/mol. The summed E-state index contributed by atoms with van der Waals surface area (Å²) in [6.07, 6.45) is 3.77. The molecule has 1 saturated heterocycles. The molecule has 1 unspecified atom stereocenters. The van der Waals surface area contributed by atoms with E-state index in [0.29, 0.717) is 22.4 Å². The number of rotatable bonds is 3. The first kappa shape index (κ1) is 14.2. The van der Waals surface area contributed by atoms with Gasteiger partial charge in [-0.25, -0.2) is 4.79 Å². The molecule has 0 aromatic carbocycles. The van der Waals surface area contributed by atoms with Gasteiger partial charge in [-0.05, 0) is 18.6 Å². The zero-order chi connectivity index (χ0) is 15.0. The van der Waals surface area contributed by atoms with Gasteiger partial charge in [0, 0.05) is 25.9 Å². The van der Waals surface area contributed by atoms with Crippen LogP contribution in [0.1, 0.15) is 19.3 Å². The summed E-state index contributed by atoms with van der Waals surface area (Å²) in [6, 6.07) is 0. The molecular formula is C13H19N5O2S. The topological polar surface area (TPSA) is 84.7 Å². The van der Waals surface area contributed by atoms with E-state index in [4.69, 9.17) is 0 Å². The van der Waals surface area contributed by atoms with Gasteiger partial charge >= 0.3 is 5.69 Å². The van der Waals surface area contributed by atoms with Crippen LogP contribution in [-0.4, -0.2) is 36.6 Å². The lowest BCUT2D eigenvalue weighted by molar-refractivity contribution is 0.676. The molecule has 1 aliphatic rings. The fourth-order valence-corrected chi connectivity index (χ4v) is 3.83. The maximum Gasteiger partial charge on any atom is 0.332 e. The van der Waals surface area contributed by atoms with Crippen molar-refractivity contribution in [3.63, 3.8) is 0 Å². The van der Waals surface area contributed by atoms with Crippen LogP contribution >= 0.6 is 11.8 Å². The first-order valence-corrected chi connectivity index (χ1v) is 8.14. The van der Waals surface area contributed by atoms with Crippen molar-refractivity contribution in [1.82, 2.24) is 19.1 Å². The zero-order valence-electron chi connectivity index (χ0n) is 12.2. The van der Waals surface area contributed by atoms with Gasteiger partial charge in [0.2, 0.25) is 5.95 Å². The second-order valence-corrected chi connectivity index (χ2v) is 6.77.